The number of hydrogen-bond acceptors (Lipinski definition) is 5. The van der Waals surface area contributed by atoms with Crippen LogP contribution in [0.2, 0.25) is 0 Å². The number of carbonyl (C=O) groups excluding carboxylic acids is 2. The Morgan fingerprint density at radius 1 is 1.02 bits per heavy atom. The molecule has 0 radical (unpaired) electrons. The lowest BCUT2D eigenvalue weighted by molar-refractivity contribution is -0.152. The van der Waals surface area contributed by atoms with E-state index in [9.17, 15) is 9.59 Å². The molecule has 1 fully saturated rings. The molecule has 2 aromatic carbocycles. The van der Waals surface area contributed by atoms with Crippen molar-refractivity contribution in [2.75, 3.05) is 13.7 Å². The van der Waals surface area contributed by atoms with Crippen LogP contribution in [0.4, 0.5) is 0 Å². The van der Waals surface area contributed by atoms with Gasteiger partial charge >= 0.3 is 11.9 Å². The number of aromatic amines is 1. The summed E-state index contributed by atoms with van der Waals surface area (Å²) in [7, 11) is 1.00. The first-order valence-electron chi connectivity index (χ1n) is 15.3. The van der Waals surface area contributed by atoms with Crippen LogP contribution in [0.15, 0.2) is 60.2 Å². The lowest BCUT2D eigenvalue weighted by Crippen LogP contribution is -2.18. The Morgan fingerprint density at radius 2 is 1.67 bits per heavy atom. The van der Waals surface area contributed by atoms with Crippen LogP contribution in [-0.2, 0) is 25.5 Å². The van der Waals surface area contributed by atoms with Gasteiger partial charge in [0.05, 0.1) is 6.42 Å². The summed E-state index contributed by atoms with van der Waals surface area (Å²) in [5.74, 6) is 7.69. The molecule has 2 N–H and O–H groups in total. The predicted molar refractivity (Wildman–Crippen MR) is 172 cm³/mol. The molecular weight excluding hydrogens is 538 g/mol. The van der Waals surface area contributed by atoms with Crippen molar-refractivity contribution < 1.29 is 24.2 Å². The Bertz CT molecular complexity index is 1430. The molecule has 0 bridgehead atoms. The number of cyclic esters (lactones) is 1. The molecule has 0 amide bonds. The average Bonchev–Trinajstić information content (AvgIpc) is 3.55. The quantitative estimate of drug-likeness (QED) is 0.140. The fourth-order valence-electron chi connectivity index (χ4n) is 5.47. The Kier molecular flexibility index (Phi) is 13.1. The summed E-state index contributed by atoms with van der Waals surface area (Å²) >= 11 is 0. The van der Waals surface area contributed by atoms with Gasteiger partial charge in [-0.25, -0.2) is 4.79 Å². The maximum Gasteiger partial charge on any atom is 0.334 e. The highest BCUT2D eigenvalue weighted by molar-refractivity contribution is 5.90. The van der Waals surface area contributed by atoms with Gasteiger partial charge in [0.1, 0.15) is 12.7 Å². The van der Waals surface area contributed by atoms with Crippen molar-refractivity contribution in [1.29, 1.82) is 0 Å². The molecule has 1 unspecified atom stereocenters. The fraction of sp³-hybridized carbons (Fsp3) is 0.459. The van der Waals surface area contributed by atoms with Crippen LogP contribution in [0, 0.1) is 36.5 Å². The lowest BCUT2D eigenvalue weighted by atomic mass is 9.86. The van der Waals surface area contributed by atoms with E-state index >= 15 is 0 Å². The Labute approximate surface area is 256 Å². The molecule has 1 saturated heterocycles. The van der Waals surface area contributed by atoms with E-state index in [0.29, 0.717) is 36.2 Å². The van der Waals surface area contributed by atoms with E-state index < -0.39 is 6.10 Å². The maximum atomic E-state index is 12.5. The number of fused-ring (bicyclic) bond motifs is 1. The van der Waals surface area contributed by atoms with Gasteiger partial charge in [0.2, 0.25) is 0 Å². The third-order valence-electron chi connectivity index (χ3n) is 7.40. The van der Waals surface area contributed by atoms with Crippen molar-refractivity contribution in [3.63, 3.8) is 0 Å². The molecule has 6 nitrogen and oxygen atoms in total. The van der Waals surface area contributed by atoms with Crippen molar-refractivity contribution >= 4 is 22.8 Å². The summed E-state index contributed by atoms with van der Waals surface area (Å²) in [4.78, 5) is 28.2. The monoisotopic (exact) mass is 585 g/mol. The minimum atomic E-state index is -0.404. The number of aryl methyl sites for hydroxylation is 2. The number of hydrogen-bond donors (Lipinski definition) is 2. The smallest absolute Gasteiger partial charge is 0.334 e. The summed E-state index contributed by atoms with van der Waals surface area (Å²) in [6.07, 6.45) is 6.13. The topological polar surface area (TPSA) is 88.6 Å². The normalized spacial score (nSPS) is 15.4. The van der Waals surface area contributed by atoms with Gasteiger partial charge in [0.15, 0.2) is 0 Å². The number of aromatic nitrogens is 1. The average molecular weight is 586 g/mol. The lowest BCUT2D eigenvalue weighted by Gasteiger charge is -2.19. The molecule has 43 heavy (non-hydrogen) atoms. The number of rotatable bonds is 11. The first kappa shape index (κ1) is 33.7. The third kappa shape index (κ3) is 11.1. The zero-order valence-corrected chi connectivity index (χ0v) is 26.5. The number of aliphatic hydroxyl groups excluding tert-OH is 1. The standard InChI is InChI=1S/C36H43NO4.CH4O/c1-24(2)18-29(19-25(3)4)12-14-30-22-33(41-36(30)39)23-40-35(38)17-15-32-21-31-20-28(13-16-34(31)37-32)11-10-27-8-6-26(5)7-9-27;1-2/h6-9,13-14,16,20-21,24-25,29,33,37H,12,15,17-19,22-23H2,1-5H3;2H,1H3/b30-14+;. The van der Waals surface area contributed by atoms with E-state index in [1.54, 1.807) is 0 Å². The number of allylic oxidation sites excluding steroid dienone is 1. The van der Waals surface area contributed by atoms with Crippen molar-refractivity contribution in [3.8, 4) is 11.8 Å². The van der Waals surface area contributed by atoms with Crippen LogP contribution in [-0.4, -0.2) is 41.8 Å². The molecule has 0 spiro atoms. The van der Waals surface area contributed by atoms with Crippen molar-refractivity contribution in [3.05, 3.63) is 82.6 Å². The minimum absolute atomic E-state index is 0.0963. The zero-order valence-electron chi connectivity index (χ0n) is 26.5. The van der Waals surface area contributed by atoms with Crippen LogP contribution < -0.4 is 0 Å². The molecule has 4 rings (SSSR count). The molecule has 1 aromatic heterocycles. The van der Waals surface area contributed by atoms with Crippen LogP contribution in [0.5, 0.6) is 0 Å². The molecule has 3 aromatic rings. The summed E-state index contributed by atoms with van der Waals surface area (Å²) in [5, 5.41) is 8.06. The first-order valence-corrected chi connectivity index (χ1v) is 15.3. The van der Waals surface area contributed by atoms with Gasteiger partial charge in [0, 0.05) is 46.8 Å². The van der Waals surface area contributed by atoms with E-state index in [1.807, 2.05) is 24.3 Å². The second-order valence-corrected chi connectivity index (χ2v) is 12.2. The second-order valence-electron chi connectivity index (χ2n) is 12.2. The minimum Gasteiger partial charge on any atom is -0.462 e. The number of benzene rings is 2. The molecule has 6 heteroatoms. The third-order valence-corrected chi connectivity index (χ3v) is 7.40. The molecular formula is C37H47NO5. The zero-order chi connectivity index (χ0) is 31.4. The number of carbonyl (C=O) groups is 2. The van der Waals surface area contributed by atoms with Gasteiger partial charge in [0.25, 0.3) is 0 Å². The molecule has 0 saturated carbocycles. The van der Waals surface area contributed by atoms with Crippen molar-refractivity contribution in [2.45, 2.75) is 79.2 Å². The number of ether oxygens (including phenoxy) is 2. The van der Waals surface area contributed by atoms with Gasteiger partial charge in [-0.05, 0) is 86.8 Å². The molecule has 0 aliphatic carbocycles. The largest absolute Gasteiger partial charge is 0.462 e. The molecule has 1 aliphatic heterocycles. The highest BCUT2D eigenvalue weighted by atomic mass is 16.6. The number of H-pyrrole nitrogens is 1. The van der Waals surface area contributed by atoms with E-state index in [0.717, 1.165) is 54.1 Å². The summed E-state index contributed by atoms with van der Waals surface area (Å²) in [6.45, 7) is 11.1. The van der Waals surface area contributed by atoms with E-state index in [1.165, 1.54) is 5.56 Å². The Morgan fingerprint density at radius 3 is 2.35 bits per heavy atom. The van der Waals surface area contributed by atoms with E-state index in [-0.39, 0.29) is 25.0 Å². The van der Waals surface area contributed by atoms with Gasteiger partial charge in [-0.3, -0.25) is 4.79 Å². The number of nitrogens with one attached hydrogen (secondary N) is 1. The number of aliphatic hydroxyl groups is 1. The van der Waals surface area contributed by atoms with Crippen molar-refractivity contribution in [1.82, 2.24) is 4.98 Å². The highest BCUT2D eigenvalue weighted by Gasteiger charge is 2.30. The Hall–Kier alpha value is -3.82. The molecule has 230 valence electrons. The molecule has 1 aliphatic rings. The highest BCUT2D eigenvalue weighted by Crippen LogP contribution is 2.27. The first-order chi connectivity index (χ1) is 20.6. The van der Waals surface area contributed by atoms with Crippen LogP contribution in [0.25, 0.3) is 10.9 Å². The summed E-state index contributed by atoms with van der Waals surface area (Å²) in [6, 6.07) is 16.3. The van der Waals surface area contributed by atoms with Gasteiger partial charge in [-0.15, -0.1) is 0 Å². The second kappa shape index (κ2) is 16.7. The van der Waals surface area contributed by atoms with Gasteiger partial charge in [-0.2, -0.15) is 0 Å². The SMILES string of the molecule is CO.Cc1ccc(C#Cc2ccc3[nH]c(CCC(=O)OCC4C/C(=C\CC(CC(C)C)CC(C)C)C(=O)O4)cc3c2)cc1. The van der Waals surface area contributed by atoms with E-state index in [4.69, 9.17) is 14.6 Å². The van der Waals surface area contributed by atoms with E-state index in [2.05, 4.69) is 81.8 Å². The van der Waals surface area contributed by atoms with Crippen LogP contribution in [0.1, 0.15) is 82.2 Å². The number of esters is 2. The van der Waals surface area contributed by atoms with Crippen molar-refractivity contribution in [2.24, 2.45) is 17.8 Å². The summed E-state index contributed by atoms with van der Waals surface area (Å²) < 4.78 is 11.0. The predicted octanol–water partition coefficient (Wildman–Crippen LogP) is 7.30. The molecule has 1 atom stereocenters. The molecule has 2 heterocycles. The maximum absolute atomic E-state index is 12.5. The van der Waals surface area contributed by atoms with Crippen LogP contribution in [0.3, 0.4) is 0 Å². The van der Waals surface area contributed by atoms with Gasteiger partial charge in [-0.1, -0.05) is 63.3 Å². The fourth-order valence-corrected chi connectivity index (χ4v) is 5.47. The van der Waals surface area contributed by atoms with Gasteiger partial charge < -0.3 is 19.6 Å². The Balaban J connectivity index is 0.00000248. The summed E-state index contributed by atoms with van der Waals surface area (Å²) in [5.41, 5.74) is 5.83. The van der Waals surface area contributed by atoms with Crippen LogP contribution >= 0.6 is 0 Å².